The van der Waals surface area contributed by atoms with Crippen LogP contribution >= 0.6 is 11.6 Å². The maximum atomic E-state index is 14.0. The van der Waals surface area contributed by atoms with Gasteiger partial charge in [0.15, 0.2) is 17.3 Å². The highest BCUT2D eigenvalue weighted by Crippen LogP contribution is 2.27. The van der Waals surface area contributed by atoms with Crippen LogP contribution in [-0.4, -0.2) is 19.3 Å². The maximum Gasteiger partial charge on any atom is 0.163 e. The molecule has 3 aromatic rings. The van der Waals surface area contributed by atoms with Gasteiger partial charge in [-0.1, -0.05) is 0 Å². The third kappa shape index (κ3) is 1.99. The van der Waals surface area contributed by atoms with Crippen molar-refractivity contribution in [1.82, 2.24) is 19.3 Å². The average molecular weight is 315 g/mol. The summed E-state index contributed by atoms with van der Waals surface area (Å²) in [7, 11) is 1.66. The summed E-state index contributed by atoms with van der Waals surface area (Å²) in [5, 5.41) is 4.18. The van der Waals surface area contributed by atoms with Crippen LogP contribution in [0.15, 0.2) is 12.1 Å². The van der Waals surface area contributed by atoms with Gasteiger partial charge in [0.2, 0.25) is 0 Å². The van der Waals surface area contributed by atoms with Crippen LogP contribution < -0.4 is 0 Å². The Morgan fingerprint density at radius 2 is 1.81 bits per heavy atom. The van der Waals surface area contributed by atoms with Gasteiger partial charge in [0, 0.05) is 19.2 Å². The quantitative estimate of drug-likeness (QED) is 0.538. The summed E-state index contributed by atoms with van der Waals surface area (Å²) >= 11 is 5.84. The van der Waals surface area contributed by atoms with Crippen LogP contribution in [0.5, 0.6) is 0 Å². The molecule has 0 bridgehead atoms. The van der Waals surface area contributed by atoms with Crippen molar-refractivity contribution in [3.8, 4) is 5.69 Å². The number of halogens is 4. The number of imidazole rings is 1. The van der Waals surface area contributed by atoms with Crippen molar-refractivity contribution in [2.75, 3.05) is 0 Å². The zero-order valence-electron chi connectivity index (χ0n) is 11.2. The second kappa shape index (κ2) is 4.77. The standard InChI is InChI=1S/C13H10ClF3N4/c1-6-12-13(20(2)19-6)21(11(5-14)18-12)10-4-8(16)7(15)3-9(10)17/h3-4H,5H2,1-2H3. The Morgan fingerprint density at radius 1 is 1.14 bits per heavy atom. The van der Waals surface area contributed by atoms with Gasteiger partial charge in [0.1, 0.15) is 17.2 Å². The molecule has 1 aromatic carbocycles. The third-order valence-electron chi connectivity index (χ3n) is 3.22. The van der Waals surface area contributed by atoms with Gasteiger partial charge in [-0.05, 0) is 6.92 Å². The fourth-order valence-corrected chi connectivity index (χ4v) is 2.52. The Morgan fingerprint density at radius 3 is 2.48 bits per heavy atom. The first kappa shape index (κ1) is 13.9. The molecular weight excluding hydrogens is 305 g/mol. The molecule has 8 heteroatoms. The Balaban J connectivity index is 2.41. The molecule has 0 N–H and O–H groups in total. The molecule has 0 radical (unpaired) electrons. The Bertz CT molecular complexity index is 853. The van der Waals surface area contributed by atoms with Crippen molar-refractivity contribution in [3.63, 3.8) is 0 Å². The number of hydrogen-bond acceptors (Lipinski definition) is 2. The van der Waals surface area contributed by atoms with E-state index in [1.807, 2.05) is 0 Å². The molecule has 0 unspecified atom stereocenters. The van der Waals surface area contributed by atoms with Crippen molar-refractivity contribution in [2.45, 2.75) is 12.8 Å². The Hall–Kier alpha value is -2.02. The van der Waals surface area contributed by atoms with Gasteiger partial charge in [-0.3, -0.25) is 4.57 Å². The fraction of sp³-hybridized carbons (Fsp3) is 0.231. The van der Waals surface area contributed by atoms with Gasteiger partial charge in [0.25, 0.3) is 0 Å². The number of nitrogens with zero attached hydrogens (tertiary/aromatic N) is 4. The zero-order chi connectivity index (χ0) is 15.3. The van der Waals surface area contributed by atoms with Crippen LogP contribution in [0.3, 0.4) is 0 Å². The summed E-state index contributed by atoms with van der Waals surface area (Å²) in [5.74, 6) is -2.98. The van der Waals surface area contributed by atoms with E-state index in [0.717, 1.165) is 6.07 Å². The molecule has 0 fully saturated rings. The van der Waals surface area contributed by atoms with Crippen LogP contribution in [0.4, 0.5) is 13.2 Å². The second-order valence-corrected chi connectivity index (χ2v) is 4.86. The van der Waals surface area contributed by atoms with E-state index in [2.05, 4.69) is 10.1 Å². The Kier molecular flexibility index (Phi) is 3.16. The van der Waals surface area contributed by atoms with Crippen molar-refractivity contribution in [2.24, 2.45) is 7.05 Å². The fourth-order valence-electron chi connectivity index (χ4n) is 2.34. The van der Waals surface area contributed by atoms with Crippen molar-refractivity contribution < 1.29 is 13.2 Å². The molecule has 3 rings (SSSR count). The van der Waals surface area contributed by atoms with Gasteiger partial charge in [-0.15, -0.1) is 11.6 Å². The van der Waals surface area contributed by atoms with Crippen LogP contribution in [0, 0.1) is 24.4 Å². The summed E-state index contributed by atoms with van der Waals surface area (Å²) in [5.41, 5.74) is 1.49. The molecule has 21 heavy (non-hydrogen) atoms. The molecule has 0 saturated heterocycles. The Labute approximate surface area is 122 Å². The molecule has 0 spiro atoms. The van der Waals surface area contributed by atoms with Gasteiger partial charge in [-0.25, -0.2) is 22.8 Å². The largest absolute Gasteiger partial charge is 0.277 e. The lowest BCUT2D eigenvalue weighted by molar-refractivity contribution is 0.492. The first-order chi connectivity index (χ1) is 9.93. The minimum absolute atomic E-state index is 0.00739. The highest BCUT2D eigenvalue weighted by Gasteiger charge is 2.21. The summed E-state index contributed by atoms with van der Waals surface area (Å²) in [6.45, 7) is 1.75. The topological polar surface area (TPSA) is 35.6 Å². The average Bonchev–Trinajstić information content (AvgIpc) is 2.93. The van der Waals surface area contributed by atoms with E-state index in [1.54, 1.807) is 14.0 Å². The van der Waals surface area contributed by atoms with Gasteiger partial charge in [0.05, 0.1) is 17.3 Å². The molecule has 4 nitrogen and oxygen atoms in total. The molecule has 2 heterocycles. The number of aryl methyl sites for hydroxylation is 2. The summed E-state index contributed by atoms with van der Waals surface area (Å²) < 4.78 is 43.4. The predicted octanol–water partition coefficient (Wildman–Crippen LogP) is 3.22. The molecule has 0 atom stereocenters. The molecule has 2 aromatic heterocycles. The molecule has 0 saturated carbocycles. The van der Waals surface area contributed by atoms with E-state index in [4.69, 9.17) is 11.6 Å². The minimum Gasteiger partial charge on any atom is -0.277 e. The highest BCUT2D eigenvalue weighted by molar-refractivity contribution is 6.17. The lowest BCUT2D eigenvalue weighted by atomic mass is 10.2. The van der Waals surface area contributed by atoms with Gasteiger partial charge < -0.3 is 0 Å². The van der Waals surface area contributed by atoms with Crippen molar-refractivity contribution >= 4 is 22.8 Å². The number of hydrogen-bond donors (Lipinski definition) is 0. The van der Waals surface area contributed by atoms with E-state index in [-0.39, 0.29) is 11.6 Å². The molecule has 0 aliphatic rings. The van der Waals surface area contributed by atoms with Crippen molar-refractivity contribution in [1.29, 1.82) is 0 Å². The van der Waals surface area contributed by atoms with Crippen LogP contribution in [0.25, 0.3) is 16.9 Å². The van der Waals surface area contributed by atoms with Gasteiger partial charge in [-0.2, -0.15) is 5.10 Å². The van der Waals surface area contributed by atoms with Crippen LogP contribution in [0.2, 0.25) is 0 Å². The SMILES string of the molecule is Cc1nn(C)c2c1nc(CCl)n2-c1cc(F)c(F)cc1F. The lowest BCUT2D eigenvalue weighted by Crippen LogP contribution is -2.07. The van der Waals surface area contributed by atoms with Crippen LogP contribution in [0.1, 0.15) is 11.5 Å². The number of fused-ring (bicyclic) bond motifs is 1. The monoisotopic (exact) mass is 314 g/mol. The predicted molar refractivity (Wildman–Crippen MR) is 72.0 cm³/mol. The number of rotatable bonds is 2. The number of alkyl halides is 1. The molecule has 0 aliphatic carbocycles. The minimum atomic E-state index is -1.25. The smallest absolute Gasteiger partial charge is 0.163 e. The number of aromatic nitrogens is 4. The molecule has 0 amide bonds. The summed E-state index contributed by atoms with van der Waals surface area (Å²) in [6.07, 6.45) is 0. The van der Waals surface area contributed by atoms with E-state index >= 15 is 0 Å². The van der Waals surface area contributed by atoms with E-state index < -0.39 is 17.5 Å². The zero-order valence-corrected chi connectivity index (χ0v) is 11.9. The molecular formula is C13H10ClF3N4. The molecule has 110 valence electrons. The van der Waals surface area contributed by atoms with Gasteiger partial charge >= 0.3 is 0 Å². The first-order valence-electron chi connectivity index (χ1n) is 6.05. The maximum absolute atomic E-state index is 14.0. The van der Waals surface area contributed by atoms with Crippen LogP contribution in [-0.2, 0) is 12.9 Å². The highest BCUT2D eigenvalue weighted by atomic mass is 35.5. The second-order valence-electron chi connectivity index (χ2n) is 4.60. The lowest BCUT2D eigenvalue weighted by Gasteiger charge is -2.10. The number of benzene rings is 1. The normalized spacial score (nSPS) is 11.5. The third-order valence-corrected chi connectivity index (χ3v) is 3.46. The van der Waals surface area contributed by atoms with E-state index in [9.17, 15) is 13.2 Å². The van der Waals surface area contributed by atoms with E-state index in [1.165, 1.54) is 9.25 Å². The van der Waals surface area contributed by atoms with Crippen molar-refractivity contribution in [3.05, 3.63) is 41.1 Å². The molecule has 0 aliphatic heterocycles. The summed E-state index contributed by atoms with van der Waals surface area (Å²) in [6, 6.07) is 1.28. The van der Waals surface area contributed by atoms with E-state index in [0.29, 0.717) is 28.7 Å². The first-order valence-corrected chi connectivity index (χ1v) is 6.59. The summed E-state index contributed by atoms with van der Waals surface area (Å²) in [4.78, 5) is 4.29.